The number of carbonyl (C=O) groups excluding carboxylic acids is 1. The molecule has 0 aliphatic heterocycles. The molecule has 0 bridgehead atoms. The Labute approximate surface area is 121 Å². The van der Waals surface area contributed by atoms with Crippen molar-refractivity contribution in [2.45, 2.75) is 13.0 Å². The normalized spacial score (nSPS) is 12.2. The van der Waals surface area contributed by atoms with Gasteiger partial charge < -0.3 is 10.1 Å². The molecule has 2 aromatic rings. The largest absolute Gasteiger partial charge is 0.375 e. The summed E-state index contributed by atoms with van der Waals surface area (Å²) in [7, 11) is 1.54. The molecule has 0 saturated carbocycles. The van der Waals surface area contributed by atoms with E-state index in [-0.39, 0.29) is 17.8 Å². The van der Waals surface area contributed by atoms with Crippen molar-refractivity contribution in [3.05, 3.63) is 57.5 Å². The summed E-state index contributed by atoms with van der Waals surface area (Å²) < 4.78 is 18.5. The second-order valence-corrected chi connectivity index (χ2v) is 5.39. The number of carbonyl (C=O) groups is 1. The van der Waals surface area contributed by atoms with E-state index in [4.69, 9.17) is 4.74 Å². The van der Waals surface area contributed by atoms with Crippen LogP contribution in [0.25, 0.3) is 0 Å². The van der Waals surface area contributed by atoms with Crippen LogP contribution in [0.15, 0.2) is 35.7 Å². The molecule has 0 radical (unpaired) electrons. The van der Waals surface area contributed by atoms with Gasteiger partial charge in [-0.2, -0.15) is 0 Å². The molecule has 1 heterocycles. The summed E-state index contributed by atoms with van der Waals surface area (Å²) in [5, 5.41) is 4.73. The maximum Gasteiger partial charge on any atom is 0.261 e. The number of rotatable bonds is 5. The molecule has 0 aliphatic rings. The van der Waals surface area contributed by atoms with E-state index in [0.29, 0.717) is 17.0 Å². The van der Waals surface area contributed by atoms with E-state index < -0.39 is 0 Å². The molecule has 5 heteroatoms. The second kappa shape index (κ2) is 6.63. The van der Waals surface area contributed by atoms with Crippen molar-refractivity contribution in [1.82, 2.24) is 5.32 Å². The number of halogens is 1. The number of benzene rings is 1. The van der Waals surface area contributed by atoms with Crippen LogP contribution in [0.5, 0.6) is 0 Å². The molecule has 1 amide bonds. The Kier molecular flexibility index (Phi) is 4.87. The van der Waals surface area contributed by atoms with Gasteiger partial charge in [-0.1, -0.05) is 12.1 Å². The van der Waals surface area contributed by atoms with Gasteiger partial charge in [-0.15, -0.1) is 11.3 Å². The number of hydrogen-bond donors (Lipinski definition) is 1. The van der Waals surface area contributed by atoms with Gasteiger partial charge in [0.05, 0.1) is 11.0 Å². The maximum absolute atomic E-state index is 13.2. The minimum Gasteiger partial charge on any atom is -0.375 e. The number of nitrogens with one attached hydrogen (secondary N) is 1. The fraction of sp³-hybridized carbons (Fsp3) is 0.267. The number of methoxy groups -OCH3 is 1. The molecule has 1 aromatic carbocycles. The van der Waals surface area contributed by atoms with Gasteiger partial charge in [-0.3, -0.25) is 4.79 Å². The molecule has 0 fully saturated rings. The molecular formula is C15H16FNO2S. The topological polar surface area (TPSA) is 38.3 Å². The van der Waals surface area contributed by atoms with Gasteiger partial charge in [0.15, 0.2) is 0 Å². The summed E-state index contributed by atoms with van der Waals surface area (Å²) in [6.07, 6.45) is -0.365. The minimum atomic E-state index is -0.365. The van der Waals surface area contributed by atoms with Crippen LogP contribution >= 0.6 is 11.3 Å². The van der Waals surface area contributed by atoms with E-state index in [0.717, 1.165) is 5.56 Å². The first-order chi connectivity index (χ1) is 9.60. The molecule has 0 saturated heterocycles. The first-order valence-electron chi connectivity index (χ1n) is 6.21. The number of ether oxygens (including phenoxy) is 1. The lowest BCUT2D eigenvalue weighted by molar-refractivity contribution is 0.0830. The van der Waals surface area contributed by atoms with Crippen molar-refractivity contribution >= 4 is 17.2 Å². The zero-order valence-corrected chi connectivity index (χ0v) is 12.2. The van der Waals surface area contributed by atoms with Crippen LogP contribution in [0.3, 0.4) is 0 Å². The molecule has 3 nitrogen and oxygen atoms in total. The first-order valence-corrected chi connectivity index (χ1v) is 7.09. The molecule has 0 unspecified atom stereocenters. The van der Waals surface area contributed by atoms with Gasteiger partial charge in [0.2, 0.25) is 0 Å². The third kappa shape index (κ3) is 3.65. The van der Waals surface area contributed by atoms with Gasteiger partial charge in [-0.05, 0) is 41.6 Å². The highest BCUT2D eigenvalue weighted by Crippen LogP contribution is 2.18. The lowest BCUT2D eigenvalue weighted by Gasteiger charge is -2.16. The zero-order chi connectivity index (χ0) is 14.5. The Balaban J connectivity index is 1.99. The van der Waals surface area contributed by atoms with Crippen LogP contribution in [-0.2, 0) is 4.74 Å². The molecule has 1 aromatic heterocycles. The van der Waals surface area contributed by atoms with Crippen LogP contribution in [-0.4, -0.2) is 19.6 Å². The average Bonchev–Trinajstić information content (AvgIpc) is 2.86. The molecule has 20 heavy (non-hydrogen) atoms. The third-order valence-corrected chi connectivity index (χ3v) is 3.95. The Morgan fingerprint density at radius 1 is 1.45 bits per heavy atom. The van der Waals surface area contributed by atoms with Crippen molar-refractivity contribution in [2.24, 2.45) is 0 Å². The highest BCUT2D eigenvalue weighted by Gasteiger charge is 2.14. The van der Waals surface area contributed by atoms with Gasteiger partial charge in [0.1, 0.15) is 5.82 Å². The molecular weight excluding hydrogens is 277 g/mol. The van der Waals surface area contributed by atoms with Crippen molar-refractivity contribution in [2.75, 3.05) is 13.7 Å². The van der Waals surface area contributed by atoms with Crippen molar-refractivity contribution in [3.8, 4) is 0 Å². The van der Waals surface area contributed by atoms with Gasteiger partial charge in [0.25, 0.3) is 5.91 Å². The number of amides is 1. The highest BCUT2D eigenvalue weighted by molar-refractivity contribution is 7.12. The molecule has 0 aliphatic carbocycles. The van der Waals surface area contributed by atoms with Crippen molar-refractivity contribution < 1.29 is 13.9 Å². The summed E-state index contributed by atoms with van der Waals surface area (Å²) in [6, 6.07) is 8.03. The molecule has 1 atom stereocenters. The summed E-state index contributed by atoms with van der Waals surface area (Å²) in [5.41, 5.74) is 1.77. The fourth-order valence-corrected chi connectivity index (χ4v) is 2.68. The van der Waals surface area contributed by atoms with Crippen molar-refractivity contribution in [3.63, 3.8) is 0 Å². The SMILES string of the molecule is CO[C@@H](CNC(=O)c1cc(C)cs1)c1cccc(F)c1. The van der Waals surface area contributed by atoms with Crippen LogP contribution < -0.4 is 5.32 Å². The lowest BCUT2D eigenvalue weighted by Crippen LogP contribution is -2.28. The third-order valence-electron chi connectivity index (χ3n) is 2.91. The fourth-order valence-electron chi connectivity index (χ4n) is 1.87. The lowest BCUT2D eigenvalue weighted by atomic mass is 10.1. The second-order valence-electron chi connectivity index (χ2n) is 4.48. The standard InChI is InChI=1S/C15H16FNO2S/c1-10-6-14(20-9-10)15(18)17-8-13(19-2)11-4-3-5-12(16)7-11/h3-7,9,13H,8H2,1-2H3,(H,17,18)/t13-/m0/s1. The quantitative estimate of drug-likeness (QED) is 0.918. The van der Waals surface area contributed by atoms with Crippen LogP contribution in [0, 0.1) is 12.7 Å². The van der Waals surface area contributed by atoms with E-state index in [1.807, 2.05) is 18.4 Å². The van der Waals surface area contributed by atoms with Crippen LogP contribution in [0.4, 0.5) is 4.39 Å². The molecule has 0 spiro atoms. The van der Waals surface area contributed by atoms with Crippen LogP contribution in [0.1, 0.15) is 26.9 Å². The van der Waals surface area contributed by atoms with Gasteiger partial charge in [0, 0.05) is 13.7 Å². The summed E-state index contributed by atoms with van der Waals surface area (Å²) in [4.78, 5) is 12.6. The van der Waals surface area contributed by atoms with E-state index in [2.05, 4.69) is 5.32 Å². The van der Waals surface area contributed by atoms with Gasteiger partial charge >= 0.3 is 0 Å². The maximum atomic E-state index is 13.2. The zero-order valence-electron chi connectivity index (χ0n) is 11.4. The Morgan fingerprint density at radius 3 is 2.85 bits per heavy atom. The molecule has 106 valence electrons. The summed E-state index contributed by atoms with van der Waals surface area (Å²) >= 11 is 1.40. The smallest absolute Gasteiger partial charge is 0.261 e. The minimum absolute atomic E-state index is 0.137. The molecule has 1 N–H and O–H groups in total. The van der Waals surface area contributed by atoms with E-state index >= 15 is 0 Å². The summed E-state index contributed by atoms with van der Waals surface area (Å²) in [5.74, 6) is -0.452. The predicted octanol–water partition coefficient (Wildman–Crippen LogP) is 3.31. The van der Waals surface area contributed by atoms with E-state index in [9.17, 15) is 9.18 Å². The van der Waals surface area contributed by atoms with Gasteiger partial charge in [-0.25, -0.2) is 4.39 Å². The summed E-state index contributed by atoms with van der Waals surface area (Å²) in [6.45, 7) is 2.24. The van der Waals surface area contributed by atoms with Crippen molar-refractivity contribution in [1.29, 1.82) is 0 Å². The highest BCUT2D eigenvalue weighted by atomic mass is 32.1. The monoisotopic (exact) mass is 293 g/mol. The van der Waals surface area contributed by atoms with Crippen LogP contribution in [0.2, 0.25) is 0 Å². The predicted molar refractivity (Wildman–Crippen MR) is 77.5 cm³/mol. The average molecular weight is 293 g/mol. The van der Waals surface area contributed by atoms with E-state index in [1.54, 1.807) is 12.1 Å². The Hall–Kier alpha value is -1.72. The Bertz CT molecular complexity index is 597. The molecule has 2 rings (SSSR count). The Morgan fingerprint density at radius 2 is 2.25 bits per heavy atom. The first kappa shape index (κ1) is 14.7. The number of hydrogen-bond acceptors (Lipinski definition) is 3. The number of aryl methyl sites for hydroxylation is 1. The van der Waals surface area contributed by atoms with E-state index in [1.165, 1.54) is 30.6 Å². The number of thiophene rings is 1.